The lowest BCUT2D eigenvalue weighted by Gasteiger charge is -2.23. The SMILES string of the molecule is CS(=O)(=O)N(CC(=O)Nc1ccccc1C(N)=O)c1ccccc1Cl. The van der Waals surface area contributed by atoms with Gasteiger partial charge >= 0.3 is 0 Å². The molecule has 0 spiro atoms. The van der Waals surface area contributed by atoms with E-state index in [9.17, 15) is 18.0 Å². The van der Waals surface area contributed by atoms with E-state index in [1.807, 2.05) is 0 Å². The molecule has 0 saturated heterocycles. The van der Waals surface area contributed by atoms with Crippen LogP contribution in [0.5, 0.6) is 0 Å². The number of carbonyl (C=O) groups is 2. The molecule has 0 radical (unpaired) electrons. The highest BCUT2D eigenvalue weighted by molar-refractivity contribution is 7.92. The Morgan fingerprint density at radius 3 is 2.32 bits per heavy atom. The minimum Gasteiger partial charge on any atom is -0.366 e. The number of nitrogens with zero attached hydrogens (tertiary/aromatic N) is 1. The van der Waals surface area contributed by atoms with Gasteiger partial charge in [-0.15, -0.1) is 0 Å². The fourth-order valence-corrected chi connectivity index (χ4v) is 3.32. The van der Waals surface area contributed by atoms with Crippen LogP contribution in [-0.2, 0) is 14.8 Å². The number of primary amides is 1. The van der Waals surface area contributed by atoms with Crippen LogP contribution < -0.4 is 15.4 Å². The molecule has 0 unspecified atom stereocenters. The van der Waals surface area contributed by atoms with Crippen molar-refractivity contribution in [3.05, 3.63) is 59.1 Å². The van der Waals surface area contributed by atoms with Gasteiger partial charge in [-0.25, -0.2) is 8.42 Å². The molecule has 25 heavy (non-hydrogen) atoms. The third-order valence-corrected chi connectivity index (χ3v) is 4.72. The molecule has 2 aromatic carbocycles. The summed E-state index contributed by atoms with van der Waals surface area (Å²) in [6, 6.07) is 12.4. The zero-order chi connectivity index (χ0) is 18.6. The van der Waals surface area contributed by atoms with E-state index in [0.717, 1.165) is 10.6 Å². The number of nitrogens with two attached hydrogens (primary N) is 1. The lowest BCUT2D eigenvalue weighted by molar-refractivity contribution is -0.114. The molecule has 132 valence electrons. The number of para-hydroxylation sites is 2. The molecule has 0 aromatic heterocycles. The van der Waals surface area contributed by atoms with Gasteiger partial charge in [0.05, 0.1) is 28.2 Å². The largest absolute Gasteiger partial charge is 0.366 e. The number of carbonyl (C=O) groups excluding carboxylic acids is 2. The van der Waals surface area contributed by atoms with Crippen molar-refractivity contribution in [3.63, 3.8) is 0 Å². The molecule has 7 nitrogen and oxygen atoms in total. The highest BCUT2D eigenvalue weighted by Gasteiger charge is 2.23. The zero-order valence-electron chi connectivity index (χ0n) is 13.3. The number of rotatable bonds is 6. The number of anilines is 2. The molecular formula is C16H16ClN3O4S. The maximum atomic E-state index is 12.3. The summed E-state index contributed by atoms with van der Waals surface area (Å²) in [6.07, 6.45) is 0.973. The van der Waals surface area contributed by atoms with E-state index in [1.54, 1.807) is 24.3 Å². The summed E-state index contributed by atoms with van der Waals surface area (Å²) in [7, 11) is -3.76. The van der Waals surface area contributed by atoms with Crippen LogP contribution in [0.4, 0.5) is 11.4 Å². The first-order valence-electron chi connectivity index (χ1n) is 7.11. The average Bonchev–Trinajstić information content (AvgIpc) is 2.53. The van der Waals surface area contributed by atoms with Crippen LogP contribution in [-0.4, -0.2) is 33.0 Å². The van der Waals surface area contributed by atoms with Gasteiger partial charge in [0.1, 0.15) is 6.54 Å². The third kappa shape index (κ3) is 4.71. The summed E-state index contributed by atoms with van der Waals surface area (Å²) in [5.74, 6) is -1.35. The van der Waals surface area contributed by atoms with E-state index in [4.69, 9.17) is 17.3 Å². The predicted molar refractivity (Wildman–Crippen MR) is 97.2 cm³/mol. The first kappa shape index (κ1) is 18.8. The van der Waals surface area contributed by atoms with Crippen LogP contribution >= 0.6 is 11.6 Å². The molecule has 0 saturated carbocycles. The van der Waals surface area contributed by atoms with Gasteiger partial charge in [0, 0.05) is 0 Å². The highest BCUT2D eigenvalue weighted by Crippen LogP contribution is 2.27. The summed E-state index contributed by atoms with van der Waals surface area (Å²) in [5, 5.41) is 2.69. The molecule has 9 heteroatoms. The molecule has 0 heterocycles. The zero-order valence-corrected chi connectivity index (χ0v) is 14.8. The lowest BCUT2D eigenvalue weighted by atomic mass is 10.1. The molecule has 0 bridgehead atoms. The van der Waals surface area contributed by atoms with Crippen molar-refractivity contribution < 1.29 is 18.0 Å². The summed E-state index contributed by atoms with van der Waals surface area (Å²) < 4.78 is 25.0. The van der Waals surface area contributed by atoms with Crippen molar-refractivity contribution in [1.29, 1.82) is 0 Å². The van der Waals surface area contributed by atoms with Gasteiger partial charge in [0.15, 0.2) is 0 Å². The minimum atomic E-state index is -3.76. The Hall–Kier alpha value is -2.58. The van der Waals surface area contributed by atoms with E-state index in [0.29, 0.717) is 0 Å². The Labute approximate surface area is 150 Å². The molecule has 2 amide bonds. The van der Waals surface area contributed by atoms with Gasteiger partial charge in [0.2, 0.25) is 15.9 Å². The summed E-state index contributed by atoms with van der Waals surface area (Å²) in [4.78, 5) is 23.7. The average molecular weight is 382 g/mol. The van der Waals surface area contributed by atoms with E-state index in [-0.39, 0.29) is 22.0 Å². The van der Waals surface area contributed by atoms with Crippen LogP contribution in [0.3, 0.4) is 0 Å². The second-order valence-electron chi connectivity index (χ2n) is 5.18. The Morgan fingerprint density at radius 1 is 1.12 bits per heavy atom. The van der Waals surface area contributed by atoms with E-state index >= 15 is 0 Å². The lowest BCUT2D eigenvalue weighted by Crippen LogP contribution is -2.37. The van der Waals surface area contributed by atoms with Crippen molar-refractivity contribution >= 4 is 44.8 Å². The number of amides is 2. The second kappa shape index (κ2) is 7.54. The number of nitrogens with one attached hydrogen (secondary N) is 1. The summed E-state index contributed by atoms with van der Waals surface area (Å²) in [5.41, 5.74) is 5.77. The number of benzene rings is 2. The van der Waals surface area contributed by atoms with E-state index < -0.39 is 28.4 Å². The van der Waals surface area contributed by atoms with Gasteiger partial charge < -0.3 is 11.1 Å². The van der Waals surface area contributed by atoms with Gasteiger partial charge in [-0.2, -0.15) is 0 Å². The molecule has 0 aliphatic carbocycles. The van der Waals surface area contributed by atoms with E-state index in [2.05, 4.69) is 5.32 Å². The van der Waals surface area contributed by atoms with Gasteiger partial charge in [0.25, 0.3) is 5.91 Å². The van der Waals surface area contributed by atoms with Gasteiger partial charge in [-0.1, -0.05) is 35.9 Å². The molecule has 0 aliphatic heterocycles. The van der Waals surface area contributed by atoms with Crippen molar-refractivity contribution in [2.75, 3.05) is 22.4 Å². The fraction of sp³-hybridized carbons (Fsp3) is 0.125. The fourth-order valence-electron chi connectivity index (χ4n) is 2.16. The van der Waals surface area contributed by atoms with Crippen LogP contribution in [0, 0.1) is 0 Å². The summed E-state index contributed by atoms with van der Waals surface area (Å²) >= 11 is 6.04. The second-order valence-corrected chi connectivity index (χ2v) is 7.49. The number of hydrogen-bond donors (Lipinski definition) is 2. The number of sulfonamides is 1. The van der Waals surface area contributed by atoms with Crippen LogP contribution in [0.25, 0.3) is 0 Å². The topological polar surface area (TPSA) is 110 Å². The van der Waals surface area contributed by atoms with Crippen molar-refractivity contribution in [2.45, 2.75) is 0 Å². The maximum absolute atomic E-state index is 12.3. The van der Waals surface area contributed by atoms with Gasteiger partial charge in [-0.3, -0.25) is 13.9 Å². The Bertz CT molecular complexity index is 915. The predicted octanol–water partition coefficient (Wildman–Crippen LogP) is 1.84. The molecule has 0 aliphatic rings. The quantitative estimate of drug-likeness (QED) is 0.795. The molecular weight excluding hydrogens is 366 g/mol. The van der Waals surface area contributed by atoms with Crippen LogP contribution in [0.1, 0.15) is 10.4 Å². The first-order chi connectivity index (χ1) is 11.7. The van der Waals surface area contributed by atoms with E-state index in [1.165, 1.54) is 24.3 Å². The summed E-state index contributed by atoms with van der Waals surface area (Å²) in [6.45, 7) is -0.504. The molecule has 0 fully saturated rings. The van der Waals surface area contributed by atoms with Gasteiger partial charge in [-0.05, 0) is 24.3 Å². The standard InChI is InChI=1S/C16H16ClN3O4S/c1-25(23,24)20(14-9-5-3-7-12(14)17)10-15(21)19-13-8-4-2-6-11(13)16(18)22/h2-9H,10H2,1H3,(H2,18,22)(H,19,21). The highest BCUT2D eigenvalue weighted by atomic mass is 35.5. The molecule has 2 rings (SSSR count). The Balaban J connectivity index is 2.28. The number of halogens is 1. The normalized spacial score (nSPS) is 11.0. The Kier molecular flexibility index (Phi) is 5.66. The third-order valence-electron chi connectivity index (χ3n) is 3.28. The molecule has 3 N–H and O–H groups in total. The molecule has 0 atom stereocenters. The smallest absolute Gasteiger partial charge is 0.250 e. The van der Waals surface area contributed by atoms with Crippen molar-refractivity contribution in [2.24, 2.45) is 5.73 Å². The van der Waals surface area contributed by atoms with Crippen molar-refractivity contribution in [1.82, 2.24) is 0 Å². The van der Waals surface area contributed by atoms with Crippen LogP contribution in [0.15, 0.2) is 48.5 Å². The number of hydrogen-bond acceptors (Lipinski definition) is 4. The molecule has 2 aromatic rings. The monoisotopic (exact) mass is 381 g/mol. The first-order valence-corrected chi connectivity index (χ1v) is 9.33. The minimum absolute atomic E-state index is 0.125. The Morgan fingerprint density at radius 2 is 1.72 bits per heavy atom. The van der Waals surface area contributed by atoms with Crippen LogP contribution in [0.2, 0.25) is 5.02 Å². The maximum Gasteiger partial charge on any atom is 0.250 e. The van der Waals surface area contributed by atoms with Crippen molar-refractivity contribution in [3.8, 4) is 0 Å².